The highest BCUT2D eigenvalue weighted by Gasteiger charge is 2.18. The van der Waals surface area contributed by atoms with Gasteiger partial charge in [-0.2, -0.15) is 0 Å². The maximum absolute atomic E-state index is 5.97. The molecule has 0 saturated heterocycles. The Labute approximate surface area is 127 Å². The summed E-state index contributed by atoms with van der Waals surface area (Å²) in [6.45, 7) is 4.29. The topological polar surface area (TPSA) is 26.0 Å². The smallest absolute Gasteiger partial charge is 0.00453 e. The first-order valence-corrected chi connectivity index (χ1v) is 7.79. The van der Waals surface area contributed by atoms with Crippen LogP contribution in [0.3, 0.4) is 0 Å². The van der Waals surface area contributed by atoms with E-state index in [-0.39, 0.29) is 6.04 Å². The van der Waals surface area contributed by atoms with E-state index in [1.165, 1.54) is 33.4 Å². The number of benzene rings is 2. The van der Waals surface area contributed by atoms with Crippen LogP contribution in [0.2, 0.25) is 0 Å². The predicted molar refractivity (Wildman–Crippen MR) is 90.4 cm³/mol. The van der Waals surface area contributed by atoms with Gasteiger partial charge in [-0.15, -0.1) is 0 Å². The van der Waals surface area contributed by atoms with Crippen LogP contribution in [0.1, 0.15) is 41.2 Å². The summed E-state index contributed by atoms with van der Waals surface area (Å²) >= 11 is 0. The molecule has 0 heterocycles. The Morgan fingerprint density at radius 3 is 2.62 bits per heavy atom. The fraction of sp³-hybridized carbons (Fsp3) is 0.300. The lowest BCUT2D eigenvalue weighted by Gasteiger charge is -2.14. The fourth-order valence-electron chi connectivity index (χ4n) is 3.22. The molecule has 1 heteroatoms. The van der Waals surface area contributed by atoms with Gasteiger partial charge in [-0.1, -0.05) is 48.5 Å². The predicted octanol–water partition coefficient (Wildman–Crippen LogP) is 4.26. The highest BCUT2D eigenvalue weighted by Crippen LogP contribution is 2.35. The van der Waals surface area contributed by atoms with Crippen molar-refractivity contribution < 1.29 is 0 Å². The molecule has 1 aliphatic rings. The molecule has 0 aromatic heterocycles. The third-order valence-electron chi connectivity index (χ3n) is 4.35. The average Bonchev–Trinajstić information content (AvgIpc) is 2.63. The second-order valence-electron chi connectivity index (χ2n) is 6.09. The molecule has 0 amide bonds. The first-order chi connectivity index (χ1) is 10.2. The number of nitrogens with two attached hydrogens (primary N) is 1. The molecule has 2 aromatic rings. The van der Waals surface area contributed by atoms with Crippen molar-refractivity contribution in [2.45, 2.75) is 39.2 Å². The van der Waals surface area contributed by atoms with Crippen molar-refractivity contribution in [2.75, 3.05) is 0 Å². The number of fused-ring (bicyclic) bond motifs is 2. The van der Waals surface area contributed by atoms with Gasteiger partial charge in [0.05, 0.1) is 0 Å². The molecule has 3 rings (SSSR count). The molecule has 0 aliphatic heterocycles. The van der Waals surface area contributed by atoms with E-state index in [0.29, 0.717) is 0 Å². The maximum Gasteiger partial charge on any atom is 0.00453 e. The molecular weight excluding hydrogens is 254 g/mol. The molecule has 1 aliphatic carbocycles. The lowest BCUT2D eigenvalue weighted by molar-refractivity contribution is 0.758. The van der Waals surface area contributed by atoms with Gasteiger partial charge in [0, 0.05) is 6.04 Å². The number of aryl methyl sites for hydroxylation is 2. The van der Waals surface area contributed by atoms with Crippen molar-refractivity contribution in [3.8, 4) is 0 Å². The number of hydrogen-bond donors (Lipinski definition) is 1. The summed E-state index contributed by atoms with van der Waals surface area (Å²) < 4.78 is 0. The van der Waals surface area contributed by atoms with Gasteiger partial charge in [0.1, 0.15) is 0 Å². The molecule has 21 heavy (non-hydrogen) atoms. The van der Waals surface area contributed by atoms with Crippen LogP contribution >= 0.6 is 0 Å². The average molecular weight is 277 g/mol. The standard InChI is InChI=1S/C20H23N/c1-14-6-5-9-19-17(14)13-11-16-7-3-4-8-18(16)20(19)12-10-15(2)21/h3-9,12,15H,10-11,13,21H2,1-2H3. The molecule has 1 nitrogen and oxygen atoms in total. The minimum Gasteiger partial charge on any atom is -0.328 e. The highest BCUT2D eigenvalue weighted by atomic mass is 14.6. The van der Waals surface area contributed by atoms with Gasteiger partial charge in [0.2, 0.25) is 0 Å². The zero-order valence-electron chi connectivity index (χ0n) is 12.9. The van der Waals surface area contributed by atoms with Gasteiger partial charge >= 0.3 is 0 Å². The van der Waals surface area contributed by atoms with E-state index < -0.39 is 0 Å². The van der Waals surface area contributed by atoms with Crippen LogP contribution in [-0.4, -0.2) is 6.04 Å². The molecule has 1 unspecified atom stereocenters. The van der Waals surface area contributed by atoms with Crippen molar-refractivity contribution in [2.24, 2.45) is 5.73 Å². The summed E-state index contributed by atoms with van der Waals surface area (Å²) in [4.78, 5) is 0. The van der Waals surface area contributed by atoms with E-state index in [2.05, 4.69) is 62.4 Å². The Hall–Kier alpha value is -1.86. The van der Waals surface area contributed by atoms with Crippen molar-refractivity contribution in [1.29, 1.82) is 0 Å². The lowest BCUT2D eigenvalue weighted by atomic mass is 9.91. The van der Waals surface area contributed by atoms with Crippen LogP contribution in [-0.2, 0) is 12.8 Å². The van der Waals surface area contributed by atoms with Crippen LogP contribution in [0.4, 0.5) is 0 Å². The molecule has 0 fully saturated rings. The summed E-state index contributed by atoms with van der Waals surface area (Å²) in [5.74, 6) is 0. The summed E-state index contributed by atoms with van der Waals surface area (Å²) in [6.07, 6.45) is 5.47. The minimum atomic E-state index is 0.196. The first kappa shape index (κ1) is 14.1. The third kappa shape index (κ3) is 2.79. The van der Waals surface area contributed by atoms with E-state index in [1.807, 2.05) is 0 Å². The van der Waals surface area contributed by atoms with E-state index >= 15 is 0 Å². The molecular formula is C20H23N. The molecule has 0 saturated carbocycles. The van der Waals surface area contributed by atoms with Crippen molar-refractivity contribution in [3.05, 3.63) is 76.4 Å². The Bertz CT molecular complexity index is 680. The summed E-state index contributed by atoms with van der Waals surface area (Å²) in [6, 6.07) is 15.6. The quantitative estimate of drug-likeness (QED) is 0.872. The van der Waals surface area contributed by atoms with Gasteiger partial charge in [-0.05, 0) is 66.5 Å². The fourth-order valence-corrected chi connectivity index (χ4v) is 3.22. The lowest BCUT2D eigenvalue weighted by Crippen LogP contribution is -2.13. The maximum atomic E-state index is 5.97. The molecule has 108 valence electrons. The first-order valence-electron chi connectivity index (χ1n) is 7.79. The van der Waals surface area contributed by atoms with Gasteiger partial charge in [-0.25, -0.2) is 0 Å². The summed E-state index contributed by atoms with van der Waals surface area (Å²) in [7, 11) is 0. The zero-order valence-corrected chi connectivity index (χ0v) is 12.9. The van der Waals surface area contributed by atoms with Gasteiger partial charge in [-0.3, -0.25) is 0 Å². The molecule has 0 spiro atoms. The highest BCUT2D eigenvalue weighted by molar-refractivity contribution is 5.84. The van der Waals surface area contributed by atoms with Gasteiger partial charge in [0.25, 0.3) is 0 Å². The Balaban J connectivity index is 2.20. The van der Waals surface area contributed by atoms with Gasteiger partial charge < -0.3 is 5.73 Å². The van der Waals surface area contributed by atoms with E-state index in [1.54, 1.807) is 0 Å². The monoisotopic (exact) mass is 277 g/mol. The van der Waals surface area contributed by atoms with Crippen molar-refractivity contribution in [3.63, 3.8) is 0 Å². The second kappa shape index (κ2) is 5.87. The van der Waals surface area contributed by atoms with Crippen LogP contribution in [0, 0.1) is 6.92 Å². The van der Waals surface area contributed by atoms with Crippen LogP contribution < -0.4 is 5.73 Å². The van der Waals surface area contributed by atoms with Crippen molar-refractivity contribution in [1.82, 2.24) is 0 Å². The molecule has 0 bridgehead atoms. The summed E-state index contributed by atoms with van der Waals surface area (Å²) in [5.41, 5.74) is 14.4. The van der Waals surface area contributed by atoms with Crippen LogP contribution in [0.25, 0.3) is 5.57 Å². The van der Waals surface area contributed by atoms with Crippen LogP contribution in [0.15, 0.2) is 48.5 Å². The largest absolute Gasteiger partial charge is 0.328 e. The summed E-state index contributed by atoms with van der Waals surface area (Å²) in [5, 5.41) is 0. The zero-order chi connectivity index (χ0) is 14.8. The van der Waals surface area contributed by atoms with Crippen LogP contribution in [0.5, 0.6) is 0 Å². The molecule has 2 aromatic carbocycles. The molecule has 2 N–H and O–H groups in total. The second-order valence-corrected chi connectivity index (χ2v) is 6.09. The van der Waals surface area contributed by atoms with Crippen molar-refractivity contribution >= 4 is 5.57 Å². The Morgan fingerprint density at radius 2 is 1.81 bits per heavy atom. The SMILES string of the molecule is Cc1cccc2c1CCc1ccccc1C2=CCC(C)N. The molecule has 0 radical (unpaired) electrons. The van der Waals surface area contributed by atoms with E-state index in [9.17, 15) is 0 Å². The normalized spacial score (nSPS) is 17.0. The minimum absolute atomic E-state index is 0.196. The van der Waals surface area contributed by atoms with E-state index in [4.69, 9.17) is 5.73 Å². The number of rotatable bonds is 2. The van der Waals surface area contributed by atoms with Gasteiger partial charge in [0.15, 0.2) is 0 Å². The number of hydrogen-bond acceptors (Lipinski definition) is 1. The van der Waals surface area contributed by atoms with E-state index in [0.717, 1.165) is 19.3 Å². The Morgan fingerprint density at radius 1 is 1.05 bits per heavy atom. The Kier molecular flexibility index (Phi) is 3.94. The third-order valence-corrected chi connectivity index (χ3v) is 4.35. The molecule has 1 atom stereocenters.